The van der Waals surface area contributed by atoms with Gasteiger partial charge in [0.1, 0.15) is 17.3 Å². The fourth-order valence-corrected chi connectivity index (χ4v) is 2.99. The Bertz CT molecular complexity index is 944. The van der Waals surface area contributed by atoms with E-state index in [1.54, 1.807) is 25.1 Å². The molecule has 0 spiro atoms. The number of hydrogen-bond acceptors (Lipinski definition) is 6. The number of alkyl halides is 3. The number of fused-ring (bicyclic) bond motifs is 1. The first-order chi connectivity index (χ1) is 12.8. The number of H-pyrrole nitrogens is 1. The van der Waals surface area contributed by atoms with E-state index in [1.807, 2.05) is 11.2 Å². The second-order valence-corrected chi connectivity index (χ2v) is 5.55. The summed E-state index contributed by atoms with van der Waals surface area (Å²) in [5, 5.41) is 15.1. The van der Waals surface area contributed by atoms with Crippen molar-refractivity contribution in [2.45, 2.75) is 19.0 Å². The molecule has 1 aliphatic rings. The minimum absolute atomic E-state index is 0.177. The molecule has 0 saturated carbocycles. The number of nitriles is 1. The number of halogens is 3. The minimum Gasteiger partial charge on any atom is -0.493 e. The van der Waals surface area contributed by atoms with Gasteiger partial charge in [-0.1, -0.05) is 12.1 Å². The smallest absolute Gasteiger partial charge is 0.433 e. The van der Waals surface area contributed by atoms with Crippen LogP contribution in [0, 0.1) is 11.3 Å². The van der Waals surface area contributed by atoms with Crippen LogP contribution in [-0.2, 0) is 6.18 Å². The maximum absolute atomic E-state index is 13.5. The van der Waals surface area contributed by atoms with E-state index in [-0.39, 0.29) is 40.8 Å². The second kappa shape index (κ2) is 6.75. The standard InChI is InChI=1S/C17H15F3N4O3/c1-3-26-13-8(5-4-6-10(13)25-2)11-9(7-21)15(22)27-16-12(11)14(23-24-16)17(18,19)20/h4-6,11H,3,22H2,1-2H3,(H,23,24). The summed E-state index contributed by atoms with van der Waals surface area (Å²) in [7, 11) is 1.41. The van der Waals surface area contributed by atoms with Crippen molar-refractivity contribution in [3.63, 3.8) is 0 Å². The SMILES string of the molecule is CCOc1c(OC)cccc1C1C(C#N)=C(N)Oc2n[nH]c(C(F)(F)F)c21. The number of nitrogens with one attached hydrogen (secondary N) is 1. The highest BCUT2D eigenvalue weighted by Crippen LogP contribution is 2.50. The fourth-order valence-electron chi connectivity index (χ4n) is 2.99. The molecule has 27 heavy (non-hydrogen) atoms. The van der Waals surface area contributed by atoms with Crippen molar-refractivity contribution in [2.75, 3.05) is 13.7 Å². The van der Waals surface area contributed by atoms with Crippen molar-refractivity contribution in [2.24, 2.45) is 5.73 Å². The Kier molecular flexibility index (Phi) is 4.61. The average Bonchev–Trinajstić information content (AvgIpc) is 3.04. The van der Waals surface area contributed by atoms with Gasteiger partial charge in [-0.2, -0.15) is 18.4 Å². The maximum Gasteiger partial charge on any atom is 0.433 e. The largest absolute Gasteiger partial charge is 0.493 e. The molecule has 0 aliphatic carbocycles. The van der Waals surface area contributed by atoms with Crippen LogP contribution in [0.1, 0.15) is 29.7 Å². The van der Waals surface area contributed by atoms with E-state index in [0.29, 0.717) is 5.75 Å². The van der Waals surface area contributed by atoms with Gasteiger partial charge in [0.15, 0.2) is 11.5 Å². The highest BCUT2D eigenvalue weighted by atomic mass is 19.4. The summed E-state index contributed by atoms with van der Waals surface area (Å²) >= 11 is 0. The Morgan fingerprint density at radius 3 is 2.74 bits per heavy atom. The summed E-state index contributed by atoms with van der Waals surface area (Å²) < 4.78 is 56.5. The van der Waals surface area contributed by atoms with Crippen LogP contribution in [0.15, 0.2) is 29.7 Å². The number of rotatable bonds is 4. The number of nitrogens with two attached hydrogens (primary N) is 1. The third kappa shape index (κ3) is 3.01. The predicted molar refractivity (Wildman–Crippen MR) is 87.1 cm³/mol. The van der Waals surface area contributed by atoms with Crippen LogP contribution >= 0.6 is 0 Å². The van der Waals surface area contributed by atoms with Crippen LogP contribution in [0.4, 0.5) is 13.2 Å². The molecular formula is C17H15F3N4O3. The first-order valence-electron chi connectivity index (χ1n) is 7.86. The van der Waals surface area contributed by atoms with E-state index in [4.69, 9.17) is 19.9 Å². The summed E-state index contributed by atoms with van der Waals surface area (Å²) in [6, 6.07) is 6.58. The van der Waals surface area contributed by atoms with E-state index in [2.05, 4.69) is 5.10 Å². The fraction of sp³-hybridized carbons (Fsp3) is 0.294. The Morgan fingerprint density at radius 1 is 1.41 bits per heavy atom. The first-order valence-corrected chi connectivity index (χ1v) is 7.86. The Labute approximate surface area is 152 Å². The van der Waals surface area contributed by atoms with Crippen LogP contribution < -0.4 is 19.9 Å². The molecule has 1 atom stereocenters. The quantitative estimate of drug-likeness (QED) is 0.844. The van der Waals surface area contributed by atoms with Gasteiger partial charge in [-0.3, -0.25) is 5.10 Å². The third-order valence-corrected chi connectivity index (χ3v) is 4.05. The third-order valence-electron chi connectivity index (χ3n) is 4.05. The number of aromatic amines is 1. The molecule has 142 valence electrons. The normalized spacial score (nSPS) is 16.4. The van der Waals surface area contributed by atoms with Gasteiger partial charge in [-0.05, 0) is 13.0 Å². The molecule has 3 N–H and O–H groups in total. The first kappa shape index (κ1) is 18.4. The van der Waals surface area contributed by atoms with Crippen molar-refractivity contribution >= 4 is 0 Å². The minimum atomic E-state index is -4.74. The summed E-state index contributed by atoms with van der Waals surface area (Å²) in [4.78, 5) is 0. The zero-order chi connectivity index (χ0) is 19.8. The van der Waals surface area contributed by atoms with Crippen LogP contribution in [0.5, 0.6) is 17.4 Å². The van der Waals surface area contributed by atoms with Crippen LogP contribution in [0.25, 0.3) is 0 Å². The van der Waals surface area contributed by atoms with Crippen LogP contribution in [0.3, 0.4) is 0 Å². The molecule has 0 amide bonds. The molecule has 2 heterocycles. The second-order valence-electron chi connectivity index (χ2n) is 5.55. The lowest BCUT2D eigenvalue weighted by molar-refractivity contribution is -0.141. The topological polar surface area (TPSA) is 106 Å². The van der Waals surface area contributed by atoms with Gasteiger partial charge < -0.3 is 19.9 Å². The van der Waals surface area contributed by atoms with E-state index < -0.39 is 17.8 Å². The molecule has 10 heteroatoms. The number of allylic oxidation sites excluding steroid dienone is 1. The lowest BCUT2D eigenvalue weighted by Crippen LogP contribution is -2.23. The van der Waals surface area contributed by atoms with Crippen molar-refractivity contribution in [1.82, 2.24) is 10.2 Å². The molecule has 7 nitrogen and oxygen atoms in total. The van der Waals surface area contributed by atoms with Gasteiger partial charge in [0.05, 0.1) is 25.2 Å². The van der Waals surface area contributed by atoms with Crippen LogP contribution in [0.2, 0.25) is 0 Å². The highest BCUT2D eigenvalue weighted by Gasteiger charge is 2.45. The molecular weight excluding hydrogens is 365 g/mol. The molecule has 0 bridgehead atoms. The molecule has 1 aliphatic heterocycles. The zero-order valence-corrected chi connectivity index (χ0v) is 14.3. The molecule has 3 rings (SSSR count). The number of ether oxygens (including phenoxy) is 3. The molecule has 1 unspecified atom stereocenters. The Hall–Kier alpha value is -3.35. The number of para-hydroxylation sites is 1. The van der Waals surface area contributed by atoms with Gasteiger partial charge in [-0.25, -0.2) is 0 Å². The number of nitrogens with zero attached hydrogens (tertiary/aromatic N) is 2. The van der Waals surface area contributed by atoms with Gasteiger partial charge in [0.25, 0.3) is 0 Å². The monoisotopic (exact) mass is 380 g/mol. The number of benzene rings is 1. The number of hydrogen-bond donors (Lipinski definition) is 2. The Morgan fingerprint density at radius 2 is 2.15 bits per heavy atom. The number of aromatic nitrogens is 2. The predicted octanol–water partition coefficient (Wildman–Crippen LogP) is 3.05. The van der Waals surface area contributed by atoms with Crippen molar-refractivity contribution in [1.29, 1.82) is 5.26 Å². The van der Waals surface area contributed by atoms with Gasteiger partial charge in [0.2, 0.25) is 11.8 Å². The highest BCUT2D eigenvalue weighted by molar-refractivity contribution is 5.61. The van der Waals surface area contributed by atoms with Crippen molar-refractivity contribution < 1.29 is 27.4 Å². The molecule has 1 aromatic heterocycles. The summed E-state index contributed by atoms with van der Waals surface area (Å²) in [6.45, 7) is 1.96. The zero-order valence-electron chi connectivity index (χ0n) is 14.3. The van der Waals surface area contributed by atoms with Crippen molar-refractivity contribution in [3.05, 3.63) is 46.5 Å². The van der Waals surface area contributed by atoms with Gasteiger partial charge in [0, 0.05) is 5.56 Å². The molecule has 1 aromatic carbocycles. The van der Waals surface area contributed by atoms with E-state index >= 15 is 0 Å². The molecule has 0 saturated heterocycles. The average molecular weight is 380 g/mol. The van der Waals surface area contributed by atoms with Gasteiger partial charge >= 0.3 is 6.18 Å². The van der Waals surface area contributed by atoms with E-state index in [1.165, 1.54) is 7.11 Å². The lowest BCUT2D eigenvalue weighted by Gasteiger charge is -2.26. The maximum atomic E-state index is 13.5. The van der Waals surface area contributed by atoms with E-state index in [0.717, 1.165) is 0 Å². The molecule has 0 fully saturated rings. The van der Waals surface area contributed by atoms with E-state index in [9.17, 15) is 18.4 Å². The molecule has 2 aromatic rings. The van der Waals surface area contributed by atoms with Crippen LogP contribution in [-0.4, -0.2) is 23.9 Å². The van der Waals surface area contributed by atoms with Crippen molar-refractivity contribution in [3.8, 4) is 23.4 Å². The summed E-state index contributed by atoms with van der Waals surface area (Å²) in [5.41, 5.74) is 4.43. The Balaban J connectivity index is 2.33. The lowest BCUT2D eigenvalue weighted by atomic mass is 9.83. The number of methoxy groups -OCH3 is 1. The summed E-state index contributed by atoms with van der Waals surface area (Å²) in [6.07, 6.45) is -4.74. The molecule has 0 radical (unpaired) electrons. The van der Waals surface area contributed by atoms with Gasteiger partial charge in [-0.15, -0.1) is 5.10 Å². The summed E-state index contributed by atoms with van der Waals surface area (Å²) in [5.74, 6) is -1.31.